The van der Waals surface area contributed by atoms with Crippen molar-refractivity contribution in [3.63, 3.8) is 0 Å². The lowest BCUT2D eigenvalue weighted by molar-refractivity contribution is 0.388. The average Bonchev–Trinajstić information content (AvgIpc) is 2.42. The molecule has 4 nitrogen and oxygen atoms in total. The average molecular weight is 254 g/mol. The monoisotopic (exact) mass is 254 g/mol. The molecule has 0 unspecified atom stereocenters. The van der Waals surface area contributed by atoms with Crippen LogP contribution in [0.2, 0.25) is 0 Å². The van der Waals surface area contributed by atoms with Gasteiger partial charge in [0.2, 0.25) is 0 Å². The minimum atomic E-state index is 0.577. The van der Waals surface area contributed by atoms with Crippen molar-refractivity contribution in [3.05, 3.63) is 71.9 Å². The van der Waals surface area contributed by atoms with Crippen molar-refractivity contribution < 1.29 is 0 Å². The summed E-state index contributed by atoms with van der Waals surface area (Å²) in [6.45, 7) is 0.577. The Morgan fingerprint density at radius 2 is 1.63 bits per heavy atom. The first-order valence-electron chi connectivity index (χ1n) is 6.03. The molecule has 0 amide bonds. The summed E-state index contributed by atoms with van der Waals surface area (Å²) >= 11 is 0. The lowest BCUT2D eigenvalue weighted by atomic mass is 10.2. The Kier molecular flexibility index (Phi) is 4.05. The third-order valence-corrected chi connectivity index (χ3v) is 2.76. The molecule has 4 heteroatoms. The number of rotatable bonds is 4. The fourth-order valence-electron chi connectivity index (χ4n) is 1.76. The molecule has 0 radical (unpaired) electrons. The molecule has 0 aliphatic heterocycles. The molecular formula is C15H18N4. The van der Waals surface area contributed by atoms with Crippen molar-refractivity contribution in [2.75, 3.05) is 5.73 Å². The fraction of sp³-hybridized carbons (Fsp3) is 0.0667. The molecule has 0 aliphatic carbocycles. The topological polar surface area (TPSA) is 81.3 Å². The Morgan fingerprint density at radius 1 is 1.00 bits per heavy atom. The maximum absolute atomic E-state index is 5.99. The van der Waals surface area contributed by atoms with Crippen molar-refractivity contribution in [1.29, 1.82) is 0 Å². The molecule has 0 saturated heterocycles. The lowest BCUT2D eigenvalue weighted by Crippen LogP contribution is -2.25. The van der Waals surface area contributed by atoms with Crippen LogP contribution < -0.4 is 17.3 Å². The molecule has 0 aliphatic rings. The largest absolute Gasteiger partial charge is 0.399 e. The standard InChI is InChI=1S/C15H18N4/c16-14-8-6-12(7-9-14)10-19(18)11-15(17)13-4-2-1-3-5-13/h1-9,11H,10,16-18H2/b15-11-. The van der Waals surface area contributed by atoms with Crippen molar-refractivity contribution >= 4 is 11.4 Å². The third kappa shape index (κ3) is 3.76. The van der Waals surface area contributed by atoms with Crippen LogP contribution in [-0.2, 0) is 6.54 Å². The van der Waals surface area contributed by atoms with E-state index in [1.54, 1.807) is 11.2 Å². The number of nitrogen functional groups attached to an aromatic ring is 1. The van der Waals surface area contributed by atoms with Crippen molar-refractivity contribution in [2.24, 2.45) is 11.6 Å². The van der Waals surface area contributed by atoms with Gasteiger partial charge in [-0.2, -0.15) is 0 Å². The zero-order valence-electron chi connectivity index (χ0n) is 10.7. The lowest BCUT2D eigenvalue weighted by Gasteiger charge is -2.15. The summed E-state index contributed by atoms with van der Waals surface area (Å²) in [5, 5.41) is 1.56. The van der Waals surface area contributed by atoms with Gasteiger partial charge in [0.05, 0.1) is 12.2 Å². The van der Waals surface area contributed by atoms with Crippen LogP contribution in [0, 0.1) is 0 Å². The molecule has 6 N–H and O–H groups in total. The Balaban J connectivity index is 2.04. The van der Waals surface area contributed by atoms with Gasteiger partial charge < -0.3 is 16.5 Å². The van der Waals surface area contributed by atoms with Crippen LogP contribution in [0.25, 0.3) is 5.70 Å². The number of nitrogens with two attached hydrogens (primary N) is 3. The quantitative estimate of drug-likeness (QED) is 0.442. The molecule has 0 bridgehead atoms. The van der Waals surface area contributed by atoms with Gasteiger partial charge in [0, 0.05) is 11.9 Å². The van der Waals surface area contributed by atoms with Crippen molar-refractivity contribution in [2.45, 2.75) is 6.54 Å². The zero-order valence-corrected chi connectivity index (χ0v) is 10.7. The van der Waals surface area contributed by atoms with E-state index in [1.807, 2.05) is 54.6 Å². The first kappa shape index (κ1) is 13.0. The molecule has 2 rings (SSSR count). The Bertz CT molecular complexity index is 546. The van der Waals surface area contributed by atoms with Crippen LogP contribution in [0.5, 0.6) is 0 Å². The van der Waals surface area contributed by atoms with Gasteiger partial charge in [0.15, 0.2) is 0 Å². The molecule has 2 aromatic carbocycles. The van der Waals surface area contributed by atoms with Crippen molar-refractivity contribution in [3.8, 4) is 0 Å². The molecule has 0 atom stereocenters. The fourth-order valence-corrected chi connectivity index (χ4v) is 1.76. The molecule has 0 spiro atoms. The van der Waals surface area contributed by atoms with Gasteiger partial charge in [-0.25, -0.2) is 5.84 Å². The van der Waals surface area contributed by atoms with Gasteiger partial charge in [-0.3, -0.25) is 0 Å². The summed E-state index contributed by atoms with van der Waals surface area (Å²) in [6, 6.07) is 17.3. The van der Waals surface area contributed by atoms with Gasteiger partial charge in [-0.1, -0.05) is 42.5 Å². The SMILES string of the molecule is N/C(=C\N(N)Cc1ccc(N)cc1)c1ccccc1. The van der Waals surface area contributed by atoms with E-state index in [2.05, 4.69) is 0 Å². The Hall–Kier alpha value is -2.46. The molecule has 2 aromatic rings. The van der Waals surface area contributed by atoms with Crippen LogP contribution in [0.4, 0.5) is 5.69 Å². The second-order valence-corrected chi connectivity index (χ2v) is 4.36. The molecule has 98 valence electrons. The summed E-state index contributed by atoms with van der Waals surface area (Å²) in [7, 11) is 0. The normalized spacial score (nSPS) is 11.3. The van der Waals surface area contributed by atoms with E-state index in [1.165, 1.54) is 0 Å². The third-order valence-electron chi connectivity index (χ3n) is 2.76. The second-order valence-electron chi connectivity index (χ2n) is 4.36. The number of hydrogen-bond acceptors (Lipinski definition) is 4. The number of nitrogens with zero attached hydrogens (tertiary/aromatic N) is 1. The smallest absolute Gasteiger partial charge is 0.0586 e. The first-order chi connectivity index (χ1) is 9.15. The van der Waals surface area contributed by atoms with Crippen LogP contribution in [-0.4, -0.2) is 5.01 Å². The molecule has 0 heterocycles. The van der Waals surface area contributed by atoms with E-state index in [0.717, 1.165) is 16.8 Å². The van der Waals surface area contributed by atoms with E-state index < -0.39 is 0 Å². The van der Waals surface area contributed by atoms with E-state index in [-0.39, 0.29) is 0 Å². The summed E-state index contributed by atoms with van der Waals surface area (Å²) in [6.07, 6.45) is 1.73. The van der Waals surface area contributed by atoms with Gasteiger partial charge >= 0.3 is 0 Å². The van der Waals surface area contributed by atoms with Gasteiger partial charge in [0.25, 0.3) is 0 Å². The summed E-state index contributed by atoms with van der Waals surface area (Å²) in [5.41, 5.74) is 15.0. The molecule has 19 heavy (non-hydrogen) atoms. The predicted octanol–water partition coefficient (Wildman–Crippen LogP) is 1.90. The molecular weight excluding hydrogens is 236 g/mol. The van der Waals surface area contributed by atoms with Crippen molar-refractivity contribution in [1.82, 2.24) is 5.01 Å². The first-order valence-corrected chi connectivity index (χ1v) is 6.03. The molecule has 0 fully saturated rings. The predicted molar refractivity (Wildman–Crippen MR) is 79.2 cm³/mol. The van der Waals surface area contributed by atoms with Gasteiger partial charge in [-0.15, -0.1) is 0 Å². The van der Waals surface area contributed by atoms with E-state index >= 15 is 0 Å². The minimum Gasteiger partial charge on any atom is -0.399 e. The highest BCUT2D eigenvalue weighted by Gasteiger charge is 2.00. The molecule has 0 saturated carbocycles. The van der Waals surface area contributed by atoms with Gasteiger partial charge in [0.1, 0.15) is 0 Å². The van der Waals surface area contributed by atoms with Crippen LogP contribution in [0.1, 0.15) is 11.1 Å². The van der Waals surface area contributed by atoms with Gasteiger partial charge in [-0.05, 0) is 23.3 Å². The van der Waals surface area contributed by atoms with Crippen LogP contribution >= 0.6 is 0 Å². The summed E-state index contributed by atoms with van der Waals surface area (Å²) in [4.78, 5) is 0. The zero-order chi connectivity index (χ0) is 13.7. The van der Waals surface area contributed by atoms with Crippen LogP contribution in [0.15, 0.2) is 60.8 Å². The summed E-state index contributed by atoms with van der Waals surface area (Å²) in [5.74, 6) is 5.93. The number of hydrogen-bond donors (Lipinski definition) is 3. The van der Waals surface area contributed by atoms with E-state index in [0.29, 0.717) is 12.2 Å². The molecule has 0 aromatic heterocycles. The number of hydrazine groups is 1. The summed E-state index contributed by atoms with van der Waals surface area (Å²) < 4.78 is 0. The van der Waals surface area contributed by atoms with Crippen LogP contribution in [0.3, 0.4) is 0 Å². The maximum atomic E-state index is 5.99. The Morgan fingerprint density at radius 3 is 2.26 bits per heavy atom. The van der Waals surface area contributed by atoms with E-state index in [4.69, 9.17) is 17.3 Å². The maximum Gasteiger partial charge on any atom is 0.0586 e. The van der Waals surface area contributed by atoms with E-state index in [9.17, 15) is 0 Å². The Labute approximate surface area is 113 Å². The highest BCUT2D eigenvalue weighted by atomic mass is 15.4. The minimum absolute atomic E-state index is 0.577. The number of anilines is 1. The second kappa shape index (κ2) is 5.93. The number of benzene rings is 2. The highest BCUT2D eigenvalue weighted by Crippen LogP contribution is 2.10. The highest BCUT2D eigenvalue weighted by molar-refractivity contribution is 5.61.